The van der Waals surface area contributed by atoms with Crippen LogP contribution in [0.15, 0.2) is 4.99 Å². The van der Waals surface area contributed by atoms with Gasteiger partial charge in [-0.1, -0.05) is 26.7 Å². The van der Waals surface area contributed by atoms with E-state index in [1.165, 1.54) is 12.8 Å². The molecule has 0 aromatic carbocycles. The zero-order valence-electron chi connectivity index (χ0n) is 8.55. The Morgan fingerprint density at radius 3 is 2.50 bits per heavy atom. The second kappa shape index (κ2) is 5.10. The molecule has 0 saturated carbocycles. The molecule has 0 aliphatic rings. The number of hydrogen-bond donors (Lipinski definition) is 0. The highest BCUT2D eigenvalue weighted by Gasteiger charge is 2.24. The summed E-state index contributed by atoms with van der Waals surface area (Å²) in [6, 6.07) is 0. The van der Waals surface area contributed by atoms with Crippen LogP contribution in [0.1, 0.15) is 47.0 Å². The first-order chi connectivity index (χ1) is 5.54. The number of nitrogens with zero attached hydrogens (tertiary/aromatic N) is 1. The standard InChI is InChI=1S/C10H19NO/c1-5-6-7-9(2)10(3,4)11-8-12/h9H,5-7H2,1-4H3. The molecular formula is C10H19NO. The molecule has 0 rings (SSSR count). The van der Waals surface area contributed by atoms with Crippen LogP contribution in [0, 0.1) is 5.92 Å². The molecule has 12 heavy (non-hydrogen) atoms. The molecule has 1 atom stereocenters. The van der Waals surface area contributed by atoms with Crippen molar-refractivity contribution in [1.82, 2.24) is 0 Å². The fourth-order valence-corrected chi connectivity index (χ4v) is 1.09. The third-order valence-electron chi connectivity index (χ3n) is 2.53. The van der Waals surface area contributed by atoms with Crippen LogP contribution < -0.4 is 0 Å². The topological polar surface area (TPSA) is 29.4 Å². The first-order valence-electron chi connectivity index (χ1n) is 4.63. The van der Waals surface area contributed by atoms with Gasteiger partial charge in [-0.3, -0.25) is 0 Å². The van der Waals surface area contributed by atoms with Crippen LogP contribution >= 0.6 is 0 Å². The number of unbranched alkanes of at least 4 members (excludes halogenated alkanes) is 1. The average molecular weight is 169 g/mol. The van der Waals surface area contributed by atoms with Crippen molar-refractivity contribution < 1.29 is 4.79 Å². The Bertz CT molecular complexity index is 169. The fourth-order valence-electron chi connectivity index (χ4n) is 1.09. The van der Waals surface area contributed by atoms with Crippen molar-refractivity contribution in [2.45, 2.75) is 52.5 Å². The van der Waals surface area contributed by atoms with Gasteiger partial charge in [0.25, 0.3) is 0 Å². The molecule has 0 amide bonds. The second-order valence-corrected chi connectivity index (χ2v) is 3.90. The average Bonchev–Trinajstić information content (AvgIpc) is 2.00. The quantitative estimate of drug-likeness (QED) is 0.459. The van der Waals surface area contributed by atoms with Gasteiger partial charge in [-0.25, -0.2) is 4.79 Å². The summed E-state index contributed by atoms with van der Waals surface area (Å²) >= 11 is 0. The summed E-state index contributed by atoms with van der Waals surface area (Å²) in [5.41, 5.74) is -0.239. The highest BCUT2D eigenvalue weighted by atomic mass is 16.1. The van der Waals surface area contributed by atoms with Gasteiger partial charge in [0.15, 0.2) is 0 Å². The van der Waals surface area contributed by atoms with Crippen molar-refractivity contribution in [2.75, 3.05) is 0 Å². The van der Waals surface area contributed by atoms with Gasteiger partial charge in [-0.15, -0.1) is 0 Å². The Labute approximate surface area is 75.1 Å². The smallest absolute Gasteiger partial charge is 0.211 e. The molecule has 2 nitrogen and oxygen atoms in total. The molecular weight excluding hydrogens is 150 g/mol. The zero-order chi connectivity index (χ0) is 9.61. The first-order valence-corrected chi connectivity index (χ1v) is 4.63. The van der Waals surface area contributed by atoms with Crippen LogP contribution in [0.2, 0.25) is 0 Å². The molecule has 0 radical (unpaired) electrons. The van der Waals surface area contributed by atoms with Crippen molar-refractivity contribution in [1.29, 1.82) is 0 Å². The lowest BCUT2D eigenvalue weighted by molar-refractivity contribution is 0.321. The highest BCUT2D eigenvalue weighted by molar-refractivity contribution is 5.34. The second-order valence-electron chi connectivity index (χ2n) is 3.90. The molecule has 2 heteroatoms. The number of carbonyl (C=O) groups excluding carboxylic acids is 1. The summed E-state index contributed by atoms with van der Waals surface area (Å²) in [6.45, 7) is 8.27. The summed E-state index contributed by atoms with van der Waals surface area (Å²) in [5.74, 6) is 0.457. The SMILES string of the molecule is CCCCC(C)C(C)(C)N=C=O. The Balaban J connectivity index is 4.05. The van der Waals surface area contributed by atoms with E-state index < -0.39 is 0 Å². The van der Waals surface area contributed by atoms with Gasteiger partial charge >= 0.3 is 0 Å². The van der Waals surface area contributed by atoms with Crippen LogP contribution in [0.5, 0.6) is 0 Å². The van der Waals surface area contributed by atoms with Crippen molar-refractivity contribution in [3.05, 3.63) is 0 Å². The lowest BCUT2D eigenvalue weighted by Crippen LogP contribution is -2.26. The molecule has 0 bridgehead atoms. The first kappa shape index (κ1) is 11.4. The lowest BCUT2D eigenvalue weighted by atomic mass is 9.86. The van der Waals surface area contributed by atoms with Crippen LogP contribution in [0.25, 0.3) is 0 Å². The molecule has 0 aromatic rings. The largest absolute Gasteiger partial charge is 0.235 e. The van der Waals surface area contributed by atoms with E-state index in [9.17, 15) is 4.79 Å². The van der Waals surface area contributed by atoms with Crippen LogP contribution in [-0.4, -0.2) is 11.6 Å². The molecule has 0 aromatic heterocycles. The number of rotatable bonds is 5. The van der Waals surface area contributed by atoms with E-state index >= 15 is 0 Å². The predicted molar refractivity (Wildman–Crippen MR) is 50.9 cm³/mol. The van der Waals surface area contributed by atoms with E-state index in [1.807, 2.05) is 13.8 Å². The number of isocyanates is 1. The minimum absolute atomic E-state index is 0.239. The Kier molecular flexibility index (Phi) is 4.84. The van der Waals surface area contributed by atoms with Gasteiger partial charge in [0.2, 0.25) is 6.08 Å². The maximum Gasteiger partial charge on any atom is 0.235 e. The molecule has 0 N–H and O–H groups in total. The van der Waals surface area contributed by atoms with E-state index in [-0.39, 0.29) is 5.54 Å². The molecule has 0 aliphatic heterocycles. The van der Waals surface area contributed by atoms with E-state index in [0.717, 1.165) is 6.42 Å². The van der Waals surface area contributed by atoms with E-state index in [0.29, 0.717) is 5.92 Å². The summed E-state index contributed by atoms with van der Waals surface area (Å²) in [6.07, 6.45) is 5.18. The predicted octanol–water partition coefficient (Wildman–Crippen LogP) is 2.93. The third kappa shape index (κ3) is 3.68. The van der Waals surface area contributed by atoms with E-state index in [1.54, 1.807) is 6.08 Å². The van der Waals surface area contributed by atoms with Crippen LogP contribution in [-0.2, 0) is 4.79 Å². The number of hydrogen-bond acceptors (Lipinski definition) is 2. The third-order valence-corrected chi connectivity index (χ3v) is 2.53. The Morgan fingerprint density at radius 2 is 2.08 bits per heavy atom. The van der Waals surface area contributed by atoms with E-state index in [4.69, 9.17) is 0 Å². The summed E-state index contributed by atoms with van der Waals surface area (Å²) in [7, 11) is 0. The number of aliphatic imine (C=N–C) groups is 1. The van der Waals surface area contributed by atoms with Crippen LogP contribution in [0.4, 0.5) is 0 Å². The van der Waals surface area contributed by atoms with Crippen molar-refractivity contribution >= 4 is 6.08 Å². The Morgan fingerprint density at radius 1 is 1.50 bits per heavy atom. The van der Waals surface area contributed by atoms with Gasteiger partial charge in [0, 0.05) is 0 Å². The summed E-state index contributed by atoms with van der Waals surface area (Å²) in [4.78, 5) is 13.9. The van der Waals surface area contributed by atoms with E-state index in [2.05, 4.69) is 18.8 Å². The molecule has 0 saturated heterocycles. The minimum Gasteiger partial charge on any atom is -0.211 e. The van der Waals surface area contributed by atoms with Crippen molar-refractivity contribution in [3.63, 3.8) is 0 Å². The lowest BCUT2D eigenvalue weighted by Gasteiger charge is -2.25. The highest BCUT2D eigenvalue weighted by Crippen LogP contribution is 2.24. The molecule has 0 fully saturated rings. The van der Waals surface area contributed by atoms with Crippen molar-refractivity contribution in [3.8, 4) is 0 Å². The minimum atomic E-state index is -0.239. The van der Waals surface area contributed by atoms with Gasteiger partial charge < -0.3 is 0 Å². The monoisotopic (exact) mass is 169 g/mol. The van der Waals surface area contributed by atoms with Crippen molar-refractivity contribution in [2.24, 2.45) is 10.9 Å². The van der Waals surface area contributed by atoms with Gasteiger partial charge in [0.1, 0.15) is 0 Å². The zero-order valence-corrected chi connectivity index (χ0v) is 8.55. The maximum absolute atomic E-state index is 10.1. The summed E-state index contributed by atoms with van der Waals surface area (Å²) in [5, 5.41) is 0. The molecule has 70 valence electrons. The molecule has 0 aliphatic carbocycles. The fraction of sp³-hybridized carbons (Fsp3) is 0.900. The maximum atomic E-state index is 10.1. The molecule has 0 spiro atoms. The Hall–Kier alpha value is -0.620. The van der Waals surface area contributed by atoms with Gasteiger partial charge in [0.05, 0.1) is 5.54 Å². The summed E-state index contributed by atoms with van der Waals surface area (Å²) < 4.78 is 0. The molecule has 1 unspecified atom stereocenters. The molecule has 0 heterocycles. The van der Waals surface area contributed by atoms with Gasteiger partial charge in [-0.2, -0.15) is 4.99 Å². The normalized spacial score (nSPS) is 13.7. The van der Waals surface area contributed by atoms with Crippen LogP contribution in [0.3, 0.4) is 0 Å². The van der Waals surface area contributed by atoms with Gasteiger partial charge in [-0.05, 0) is 26.2 Å².